The Balaban J connectivity index is 2.50. The molecule has 0 fully saturated rings. The summed E-state index contributed by atoms with van der Waals surface area (Å²) in [7, 11) is -1.80. The first-order chi connectivity index (χ1) is 10.2. The molecular weight excluding hydrogens is 292 g/mol. The molecule has 120 valence electrons. The van der Waals surface area contributed by atoms with Gasteiger partial charge < -0.3 is 9.16 Å². The number of terminal acetylenes is 1. The molecule has 0 aliphatic carbocycles. The molecule has 0 saturated heterocycles. The third-order valence-electron chi connectivity index (χ3n) is 4.09. The minimum Gasteiger partial charge on any atom is -0.445 e. The lowest BCUT2D eigenvalue weighted by atomic mass is 10.2. The van der Waals surface area contributed by atoms with Crippen LogP contribution in [0.2, 0.25) is 18.1 Å². The Hall–Kier alpha value is -1.57. The highest BCUT2D eigenvalue weighted by Crippen LogP contribution is 2.36. The van der Waals surface area contributed by atoms with E-state index >= 15 is 0 Å². The van der Waals surface area contributed by atoms with E-state index in [1.54, 1.807) is 24.3 Å². The van der Waals surface area contributed by atoms with Crippen molar-refractivity contribution in [3.63, 3.8) is 0 Å². The van der Waals surface area contributed by atoms with Crippen LogP contribution in [0, 0.1) is 12.3 Å². The topological polar surface area (TPSA) is 35.5 Å². The molecule has 0 N–H and O–H groups in total. The Bertz CT molecular complexity index is 524. The van der Waals surface area contributed by atoms with Crippen LogP contribution < -0.4 is 0 Å². The molecule has 0 saturated carbocycles. The minimum atomic E-state index is -1.80. The van der Waals surface area contributed by atoms with Gasteiger partial charge in [-0.1, -0.05) is 44.9 Å². The smallest absolute Gasteiger partial charge is 0.339 e. The minimum absolute atomic E-state index is 0.152. The van der Waals surface area contributed by atoms with E-state index in [1.807, 2.05) is 6.07 Å². The number of esters is 1. The second kappa shape index (κ2) is 7.62. The van der Waals surface area contributed by atoms with Crippen LogP contribution in [0.1, 0.15) is 37.6 Å². The number of carbonyl (C=O) groups is 1. The van der Waals surface area contributed by atoms with E-state index in [-0.39, 0.29) is 5.04 Å². The number of hydrogen-bond acceptors (Lipinski definition) is 3. The van der Waals surface area contributed by atoms with Crippen LogP contribution in [0.3, 0.4) is 0 Å². The molecule has 3 nitrogen and oxygen atoms in total. The molecule has 0 aliphatic heterocycles. The van der Waals surface area contributed by atoms with E-state index in [0.717, 1.165) is 0 Å². The van der Waals surface area contributed by atoms with E-state index in [2.05, 4.69) is 39.8 Å². The first-order valence-electron chi connectivity index (χ1n) is 7.53. The largest absolute Gasteiger partial charge is 0.445 e. The van der Waals surface area contributed by atoms with Crippen LogP contribution in [-0.2, 0) is 9.16 Å². The zero-order chi connectivity index (χ0) is 16.8. The molecule has 0 aromatic heterocycles. The maximum atomic E-state index is 12.0. The lowest BCUT2D eigenvalue weighted by Gasteiger charge is -2.36. The van der Waals surface area contributed by atoms with Crippen molar-refractivity contribution in [3.8, 4) is 12.3 Å². The summed E-state index contributed by atoms with van der Waals surface area (Å²) in [5, 5.41) is 0.152. The molecule has 1 atom stereocenters. The molecule has 0 amide bonds. The van der Waals surface area contributed by atoms with E-state index < -0.39 is 20.4 Å². The van der Waals surface area contributed by atoms with Crippen molar-refractivity contribution in [1.29, 1.82) is 0 Å². The van der Waals surface area contributed by atoms with Crippen molar-refractivity contribution in [2.45, 2.75) is 51.4 Å². The summed E-state index contributed by atoms with van der Waals surface area (Å²) in [6, 6.07) is 8.86. The van der Waals surface area contributed by atoms with Gasteiger partial charge >= 0.3 is 5.97 Å². The van der Waals surface area contributed by atoms with Gasteiger partial charge in [0.2, 0.25) is 0 Å². The van der Waals surface area contributed by atoms with E-state index in [0.29, 0.717) is 18.6 Å². The normalized spacial score (nSPS) is 13.3. The highest BCUT2D eigenvalue weighted by molar-refractivity contribution is 6.74. The van der Waals surface area contributed by atoms with Crippen molar-refractivity contribution in [3.05, 3.63) is 35.9 Å². The summed E-state index contributed by atoms with van der Waals surface area (Å²) in [5.41, 5.74) is 0.507. The predicted molar refractivity (Wildman–Crippen MR) is 92.2 cm³/mol. The first-order valence-corrected chi connectivity index (χ1v) is 10.4. The van der Waals surface area contributed by atoms with Crippen molar-refractivity contribution < 1.29 is 14.0 Å². The summed E-state index contributed by atoms with van der Waals surface area (Å²) < 4.78 is 11.4. The number of carbonyl (C=O) groups excluding carboxylic acids is 1. The molecule has 1 rings (SSSR count). The summed E-state index contributed by atoms with van der Waals surface area (Å²) in [4.78, 5) is 12.0. The number of hydrogen-bond donors (Lipinski definition) is 0. The molecule has 22 heavy (non-hydrogen) atoms. The Morgan fingerprint density at radius 2 is 1.86 bits per heavy atom. The van der Waals surface area contributed by atoms with Crippen molar-refractivity contribution in [1.82, 2.24) is 0 Å². The molecule has 1 aromatic carbocycles. The lowest BCUT2D eigenvalue weighted by Crippen LogP contribution is -2.41. The quantitative estimate of drug-likeness (QED) is 0.447. The summed E-state index contributed by atoms with van der Waals surface area (Å²) >= 11 is 0. The van der Waals surface area contributed by atoms with Crippen LogP contribution in [0.5, 0.6) is 0 Å². The van der Waals surface area contributed by atoms with E-state index in [9.17, 15) is 4.79 Å². The van der Waals surface area contributed by atoms with Crippen LogP contribution in [0.4, 0.5) is 0 Å². The summed E-state index contributed by atoms with van der Waals surface area (Å²) in [5.74, 6) is 2.13. The van der Waals surface area contributed by atoms with Crippen molar-refractivity contribution in [2.75, 3.05) is 6.61 Å². The Morgan fingerprint density at radius 1 is 1.27 bits per heavy atom. The molecule has 0 spiro atoms. The standard InChI is InChI=1S/C18H26O3Si/c1-7-16(13-14-20-22(5,6)18(2,3)4)21-17(19)15-11-9-8-10-12-15/h1,8-12,16H,13-14H2,2-6H3. The Morgan fingerprint density at radius 3 is 2.36 bits per heavy atom. The number of rotatable bonds is 6. The Labute approximate surface area is 135 Å². The fourth-order valence-corrected chi connectivity index (χ4v) is 2.65. The van der Waals surface area contributed by atoms with Gasteiger partial charge in [-0.15, -0.1) is 6.42 Å². The van der Waals surface area contributed by atoms with Gasteiger partial charge in [0, 0.05) is 13.0 Å². The fourth-order valence-electron chi connectivity index (χ4n) is 1.59. The van der Waals surface area contributed by atoms with Gasteiger partial charge in [-0.05, 0) is 30.3 Å². The molecule has 1 aromatic rings. The molecule has 1 unspecified atom stereocenters. The number of benzene rings is 1. The van der Waals surface area contributed by atoms with E-state index in [4.69, 9.17) is 15.6 Å². The van der Waals surface area contributed by atoms with Gasteiger partial charge in [0.1, 0.15) is 0 Å². The second-order valence-electron chi connectivity index (χ2n) is 6.82. The van der Waals surface area contributed by atoms with Gasteiger partial charge in [-0.3, -0.25) is 0 Å². The van der Waals surface area contributed by atoms with Gasteiger partial charge in [0.15, 0.2) is 14.4 Å². The zero-order valence-corrected chi connectivity index (χ0v) is 15.2. The second-order valence-corrected chi connectivity index (χ2v) is 11.6. The average molecular weight is 318 g/mol. The maximum Gasteiger partial charge on any atom is 0.339 e. The molecule has 0 bridgehead atoms. The van der Waals surface area contributed by atoms with Crippen LogP contribution in [0.15, 0.2) is 30.3 Å². The molecule has 0 radical (unpaired) electrons. The first kappa shape index (κ1) is 18.5. The van der Waals surface area contributed by atoms with Crippen molar-refractivity contribution >= 4 is 14.3 Å². The van der Waals surface area contributed by atoms with E-state index in [1.165, 1.54) is 0 Å². The van der Waals surface area contributed by atoms with Crippen molar-refractivity contribution in [2.24, 2.45) is 0 Å². The van der Waals surface area contributed by atoms with Gasteiger partial charge in [0.25, 0.3) is 0 Å². The van der Waals surface area contributed by atoms with Gasteiger partial charge in [-0.25, -0.2) is 4.79 Å². The Kier molecular flexibility index (Phi) is 6.40. The highest BCUT2D eigenvalue weighted by Gasteiger charge is 2.37. The predicted octanol–water partition coefficient (Wildman–Crippen LogP) is 4.26. The summed E-state index contributed by atoms with van der Waals surface area (Å²) in [6.45, 7) is 11.4. The number of ether oxygens (including phenoxy) is 1. The fraction of sp³-hybridized carbons (Fsp3) is 0.500. The molecular formula is C18H26O3Si. The van der Waals surface area contributed by atoms with Crippen LogP contribution in [0.25, 0.3) is 0 Å². The van der Waals surface area contributed by atoms with Crippen LogP contribution >= 0.6 is 0 Å². The molecule has 0 aliphatic rings. The zero-order valence-electron chi connectivity index (χ0n) is 14.2. The monoisotopic (exact) mass is 318 g/mol. The lowest BCUT2D eigenvalue weighted by molar-refractivity contribution is 0.0372. The van der Waals surface area contributed by atoms with Gasteiger partial charge in [-0.2, -0.15) is 0 Å². The van der Waals surface area contributed by atoms with Crippen LogP contribution in [-0.4, -0.2) is 27.0 Å². The third kappa shape index (κ3) is 5.32. The third-order valence-corrected chi connectivity index (χ3v) is 8.63. The van der Waals surface area contributed by atoms with Gasteiger partial charge in [0.05, 0.1) is 5.56 Å². The summed E-state index contributed by atoms with van der Waals surface area (Å²) in [6.07, 6.45) is 5.42. The molecule has 0 heterocycles. The maximum absolute atomic E-state index is 12.0. The molecule has 4 heteroatoms. The SMILES string of the molecule is C#CC(CCO[Si](C)(C)C(C)(C)C)OC(=O)c1ccccc1. The highest BCUT2D eigenvalue weighted by atomic mass is 28.4. The average Bonchev–Trinajstić information content (AvgIpc) is 2.45.